The summed E-state index contributed by atoms with van der Waals surface area (Å²) in [4.78, 5) is 25.0. The van der Waals surface area contributed by atoms with Crippen molar-refractivity contribution in [2.75, 3.05) is 26.2 Å². The Morgan fingerprint density at radius 1 is 1.32 bits per heavy atom. The van der Waals surface area contributed by atoms with E-state index in [1.165, 1.54) is 32.1 Å². The first-order chi connectivity index (χ1) is 9.17. The SMILES string of the molecule is O=C1C[C@H](CNC(=O)N2CC3(CCCCC3)C2)CN1. The summed E-state index contributed by atoms with van der Waals surface area (Å²) in [6.07, 6.45) is 7.13. The second-order valence-corrected chi connectivity index (χ2v) is 6.48. The third-order valence-electron chi connectivity index (χ3n) is 4.86. The van der Waals surface area contributed by atoms with E-state index in [9.17, 15) is 9.59 Å². The zero-order valence-electron chi connectivity index (χ0n) is 11.4. The fraction of sp³-hybridized carbons (Fsp3) is 0.857. The third-order valence-corrected chi connectivity index (χ3v) is 4.86. The van der Waals surface area contributed by atoms with Gasteiger partial charge in [-0.15, -0.1) is 0 Å². The van der Waals surface area contributed by atoms with Gasteiger partial charge in [0.25, 0.3) is 0 Å². The lowest BCUT2D eigenvalue weighted by molar-refractivity contribution is -0.119. The second kappa shape index (κ2) is 5.02. The summed E-state index contributed by atoms with van der Waals surface area (Å²) in [5.41, 5.74) is 0.445. The molecule has 1 saturated carbocycles. The van der Waals surface area contributed by atoms with Crippen molar-refractivity contribution < 1.29 is 9.59 Å². The number of amides is 3. The highest BCUT2D eigenvalue weighted by molar-refractivity contribution is 5.79. The maximum absolute atomic E-state index is 12.0. The Labute approximate surface area is 114 Å². The van der Waals surface area contributed by atoms with Crippen molar-refractivity contribution in [1.29, 1.82) is 0 Å². The number of nitrogens with zero attached hydrogens (tertiary/aromatic N) is 1. The van der Waals surface area contributed by atoms with Crippen LogP contribution in [0.15, 0.2) is 0 Å². The Morgan fingerprint density at radius 2 is 2.05 bits per heavy atom. The molecule has 2 saturated heterocycles. The normalized spacial score (nSPS) is 28.9. The first-order valence-corrected chi connectivity index (χ1v) is 7.46. The van der Waals surface area contributed by atoms with Gasteiger partial charge in [-0.2, -0.15) is 0 Å². The highest BCUT2D eigenvalue weighted by Gasteiger charge is 2.45. The molecule has 0 aromatic carbocycles. The summed E-state index contributed by atoms with van der Waals surface area (Å²) in [6, 6.07) is 0.0514. The van der Waals surface area contributed by atoms with Crippen molar-refractivity contribution in [3.8, 4) is 0 Å². The summed E-state index contributed by atoms with van der Waals surface area (Å²) in [5.74, 6) is 0.366. The minimum absolute atomic E-state index is 0.0514. The summed E-state index contributed by atoms with van der Waals surface area (Å²) in [7, 11) is 0. The molecular weight excluding hydrogens is 242 g/mol. The van der Waals surface area contributed by atoms with Gasteiger partial charge in [-0.25, -0.2) is 4.79 Å². The van der Waals surface area contributed by atoms with Gasteiger partial charge in [0, 0.05) is 43.9 Å². The van der Waals surface area contributed by atoms with Crippen LogP contribution in [0.25, 0.3) is 0 Å². The van der Waals surface area contributed by atoms with Gasteiger partial charge in [-0.1, -0.05) is 19.3 Å². The summed E-state index contributed by atoms with van der Waals surface area (Å²) in [5, 5.41) is 5.76. The Balaban J connectivity index is 1.39. The van der Waals surface area contributed by atoms with Gasteiger partial charge in [0.1, 0.15) is 0 Å². The molecule has 0 aromatic rings. The smallest absolute Gasteiger partial charge is 0.317 e. The third kappa shape index (κ3) is 2.69. The van der Waals surface area contributed by atoms with Crippen molar-refractivity contribution in [2.24, 2.45) is 11.3 Å². The summed E-state index contributed by atoms with van der Waals surface area (Å²) < 4.78 is 0. The van der Waals surface area contributed by atoms with Crippen LogP contribution >= 0.6 is 0 Å². The predicted octanol–water partition coefficient (Wildman–Crippen LogP) is 1.10. The molecule has 106 valence electrons. The van der Waals surface area contributed by atoms with Crippen LogP contribution in [0.4, 0.5) is 4.79 Å². The van der Waals surface area contributed by atoms with Gasteiger partial charge < -0.3 is 15.5 Å². The first kappa shape index (κ1) is 12.8. The van der Waals surface area contributed by atoms with E-state index < -0.39 is 0 Å². The number of hydrogen-bond donors (Lipinski definition) is 2. The number of hydrogen-bond acceptors (Lipinski definition) is 2. The van der Waals surface area contributed by atoms with Crippen molar-refractivity contribution in [3.05, 3.63) is 0 Å². The molecular formula is C14H23N3O2. The molecule has 0 radical (unpaired) electrons. The number of nitrogens with one attached hydrogen (secondary N) is 2. The number of likely N-dealkylation sites (tertiary alicyclic amines) is 1. The van der Waals surface area contributed by atoms with Crippen LogP contribution in [0.5, 0.6) is 0 Å². The van der Waals surface area contributed by atoms with E-state index in [0.29, 0.717) is 24.9 Å². The molecule has 0 aromatic heterocycles. The molecule has 19 heavy (non-hydrogen) atoms. The van der Waals surface area contributed by atoms with E-state index in [1.807, 2.05) is 4.90 Å². The predicted molar refractivity (Wildman–Crippen MR) is 71.6 cm³/mol. The van der Waals surface area contributed by atoms with Crippen molar-refractivity contribution >= 4 is 11.9 Å². The first-order valence-electron chi connectivity index (χ1n) is 7.46. The lowest BCUT2D eigenvalue weighted by Crippen LogP contribution is -2.61. The van der Waals surface area contributed by atoms with Crippen molar-refractivity contribution in [3.63, 3.8) is 0 Å². The Kier molecular flexibility index (Phi) is 3.37. The van der Waals surface area contributed by atoms with Crippen LogP contribution in [0, 0.1) is 11.3 Å². The maximum atomic E-state index is 12.0. The molecule has 5 nitrogen and oxygen atoms in total. The van der Waals surface area contributed by atoms with Crippen LogP contribution in [0.2, 0.25) is 0 Å². The Bertz CT molecular complexity index is 369. The summed E-state index contributed by atoms with van der Waals surface area (Å²) in [6.45, 7) is 3.17. The molecule has 3 aliphatic rings. The Hall–Kier alpha value is -1.26. The van der Waals surface area contributed by atoms with Crippen molar-refractivity contribution in [1.82, 2.24) is 15.5 Å². The molecule has 1 atom stereocenters. The zero-order valence-corrected chi connectivity index (χ0v) is 11.4. The summed E-state index contributed by atoms with van der Waals surface area (Å²) >= 11 is 0. The average molecular weight is 265 g/mol. The average Bonchev–Trinajstić information content (AvgIpc) is 2.80. The van der Waals surface area contributed by atoms with Gasteiger partial charge in [-0.3, -0.25) is 4.79 Å². The monoisotopic (exact) mass is 265 g/mol. The molecule has 2 N–H and O–H groups in total. The van der Waals surface area contributed by atoms with Gasteiger partial charge in [-0.05, 0) is 12.8 Å². The Morgan fingerprint density at radius 3 is 2.68 bits per heavy atom. The standard InChI is InChI=1S/C14H23N3O2/c18-12-6-11(7-15-12)8-16-13(19)17-9-14(10-17)4-2-1-3-5-14/h11H,1-10H2,(H,15,18)(H,16,19)/t11-/m0/s1. The molecule has 2 aliphatic heterocycles. The fourth-order valence-corrected chi connectivity index (χ4v) is 3.68. The van der Waals surface area contributed by atoms with E-state index in [-0.39, 0.29) is 17.9 Å². The fourth-order valence-electron chi connectivity index (χ4n) is 3.68. The minimum Gasteiger partial charge on any atom is -0.356 e. The number of carbonyl (C=O) groups is 2. The molecule has 1 spiro atoms. The number of carbonyl (C=O) groups excluding carboxylic acids is 2. The van der Waals surface area contributed by atoms with Crippen LogP contribution in [-0.4, -0.2) is 43.0 Å². The van der Waals surface area contributed by atoms with E-state index in [1.54, 1.807) is 0 Å². The highest BCUT2D eigenvalue weighted by Crippen LogP contribution is 2.43. The molecule has 2 heterocycles. The molecule has 1 aliphatic carbocycles. The quantitative estimate of drug-likeness (QED) is 0.785. The van der Waals surface area contributed by atoms with Crippen LogP contribution < -0.4 is 10.6 Å². The largest absolute Gasteiger partial charge is 0.356 e. The van der Waals surface area contributed by atoms with Gasteiger partial charge in [0.2, 0.25) is 5.91 Å². The number of urea groups is 1. The van der Waals surface area contributed by atoms with Gasteiger partial charge >= 0.3 is 6.03 Å². The van der Waals surface area contributed by atoms with Crippen LogP contribution in [0.1, 0.15) is 38.5 Å². The molecule has 0 unspecified atom stereocenters. The lowest BCUT2D eigenvalue weighted by atomic mass is 9.69. The van der Waals surface area contributed by atoms with E-state index in [0.717, 1.165) is 13.1 Å². The molecule has 0 bridgehead atoms. The lowest BCUT2D eigenvalue weighted by Gasteiger charge is -2.52. The molecule has 3 amide bonds. The molecule has 3 rings (SSSR count). The topological polar surface area (TPSA) is 61.4 Å². The maximum Gasteiger partial charge on any atom is 0.317 e. The highest BCUT2D eigenvalue weighted by atomic mass is 16.2. The van der Waals surface area contributed by atoms with Crippen LogP contribution in [0.3, 0.4) is 0 Å². The van der Waals surface area contributed by atoms with Gasteiger partial charge in [0.05, 0.1) is 0 Å². The van der Waals surface area contributed by atoms with Crippen molar-refractivity contribution in [2.45, 2.75) is 38.5 Å². The second-order valence-electron chi connectivity index (χ2n) is 6.48. The van der Waals surface area contributed by atoms with E-state index in [4.69, 9.17) is 0 Å². The van der Waals surface area contributed by atoms with Gasteiger partial charge in [0.15, 0.2) is 0 Å². The van der Waals surface area contributed by atoms with E-state index >= 15 is 0 Å². The van der Waals surface area contributed by atoms with E-state index in [2.05, 4.69) is 10.6 Å². The van der Waals surface area contributed by atoms with Crippen LogP contribution in [-0.2, 0) is 4.79 Å². The minimum atomic E-state index is 0.0514. The molecule has 5 heteroatoms. The molecule has 3 fully saturated rings. The zero-order chi connectivity index (χ0) is 13.3. The number of rotatable bonds is 2.